The van der Waals surface area contributed by atoms with Gasteiger partial charge in [0, 0.05) is 4.90 Å². The first-order valence-electron chi connectivity index (χ1n) is 7.03. The highest BCUT2D eigenvalue weighted by Gasteiger charge is 2.15. The molecule has 1 amide bonds. The lowest BCUT2D eigenvalue weighted by Gasteiger charge is -2.04. The number of hydrogen-bond acceptors (Lipinski definition) is 5. The van der Waals surface area contributed by atoms with Crippen molar-refractivity contribution in [3.05, 3.63) is 54.1 Å². The lowest BCUT2D eigenvalue weighted by Crippen LogP contribution is -2.19. The minimum absolute atomic E-state index is 0.0281. The Morgan fingerprint density at radius 1 is 1.17 bits per heavy atom. The predicted molar refractivity (Wildman–Crippen MR) is 99.3 cm³/mol. The molecule has 1 aliphatic rings. The van der Waals surface area contributed by atoms with Crippen LogP contribution in [0.5, 0.6) is 0 Å². The highest BCUT2D eigenvalue weighted by molar-refractivity contribution is 8.15. The first-order valence-corrected chi connectivity index (χ1v) is 9.24. The minimum atomic E-state index is -0.0281. The van der Waals surface area contributed by atoms with E-state index in [1.165, 1.54) is 22.2 Å². The van der Waals surface area contributed by atoms with Crippen LogP contribution in [-0.4, -0.2) is 29.3 Å². The number of amidine groups is 1. The molecule has 0 spiro atoms. The number of carbonyl (C=O) groups is 1. The zero-order valence-electron chi connectivity index (χ0n) is 12.5. The average molecular weight is 341 g/mol. The fraction of sp³-hybridized carbons (Fsp3) is 0.118. The molecule has 2 aromatic carbocycles. The molecule has 2 aromatic rings. The van der Waals surface area contributed by atoms with Gasteiger partial charge in [-0.3, -0.25) is 4.79 Å². The maximum Gasteiger partial charge on any atom is 0.236 e. The smallest absolute Gasteiger partial charge is 0.236 e. The average Bonchev–Trinajstić information content (AvgIpc) is 3.00. The van der Waals surface area contributed by atoms with E-state index in [1.54, 1.807) is 18.0 Å². The predicted octanol–water partition coefficient (Wildman–Crippen LogP) is 3.63. The Morgan fingerprint density at radius 3 is 2.70 bits per heavy atom. The molecule has 23 heavy (non-hydrogen) atoms. The number of thioether (sulfide) groups is 2. The SMILES string of the molecule is CSc1ccc(-c2cccc(C=NN=C3NC(=O)CS3)c2)cc1. The Kier molecular flexibility index (Phi) is 5.15. The van der Waals surface area contributed by atoms with Gasteiger partial charge in [-0.05, 0) is 41.1 Å². The van der Waals surface area contributed by atoms with Crippen LogP contribution in [-0.2, 0) is 4.79 Å². The number of nitrogens with zero attached hydrogens (tertiary/aromatic N) is 2. The molecule has 3 rings (SSSR count). The van der Waals surface area contributed by atoms with E-state index in [0.29, 0.717) is 10.9 Å². The Hall–Kier alpha value is -2.05. The van der Waals surface area contributed by atoms with Gasteiger partial charge in [0.2, 0.25) is 5.91 Å². The molecular weight excluding hydrogens is 326 g/mol. The zero-order valence-corrected chi connectivity index (χ0v) is 14.2. The largest absolute Gasteiger partial charge is 0.303 e. The molecule has 1 N–H and O–H groups in total. The third kappa shape index (κ3) is 4.24. The number of rotatable bonds is 4. The van der Waals surface area contributed by atoms with Gasteiger partial charge in [-0.2, -0.15) is 5.10 Å². The molecule has 1 fully saturated rings. The normalized spacial score (nSPS) is 16.2. The summed E-state index contributed by atoms with van der Waals surface area (Å²) in [5, 5.41) is 11.3. The summed E-state index contributed by atoms with van der Waals surface area (Å²) in [5.41, 5.74) is 3.27. The van der Waals surface area contributed by atoms with E-state index in [2.05, 4.69) is 58.2 Å². The van der Waals surface area contributed by atoms with Crippen LogP contribution in [0.25, 0.3) is 11.1 Å². The van der Waals surface area contributed by atoms with Crippen LogP contribution in [0.15, 0.2) is 63.6 Å². The van der Waals surface area contributed by atoms with E-state index >= 15 is 0 Å². The van der Waals surface area contributed by atoms with Crippen LogP contribution in [0.2, 0.25) is 0 Å². The molecule has 0 aliphatic carbocycles. The second kappa shape index (κ2) is 7.48. The van der Waals surface area contributed by atoms with E-state index in [0.717, 1.165) is 11.1 Å². The summed E-state index contributed by atoms with van der Waals surface area (Å²) in [6, 6.07) is 16.6. The monoisotopic (exact) mass is 341 g/mol. The van der Waals surface area contributed by atoms with Gasteiger partial charge in [-0.1, -0.05) is 42.1 Å². The molecule has 1 heterocycles. The Morgan fingerprint density at radius 2 is 2.00 bits per heavy atom. The maximum absolute atomic E-state index is 11.1. The van der Waals surface area contributed by atoms with Crippen LogP contribution in [0.1, 0.15) is 5.56 Å². The molecule has 0 radical (unpaired) electrons. The molecule has 0 bridgehead atoms. The summed E-state index contributed by atoms with van der Waals surface area (Å²) in [4.78, 5) is 12.3. The molecule has 0 atom stereocenters. The fourth-order valence-corrected chi connectivity index (χ4v) is 3.15. The highest BCUT2D eigenvalue weighted by Crippen LogP contribution is 2.23. The van der Waals surface area contributed by atoms with E-state index < -0.39 is 0 Å². The first kappa shape index (κ1) is 15.8. The van der Waals surface area contributed by atoms with Crippen molar-refractivity contribution in [3.63, 3.8) is 0 Å². The Bertz CT molecular complexity index is 770. The second-order valence-corrected chi connectivity index (χ2v) is 6.68. The molecule has 116 valence electrons. The van der Waals surface area contributed by atoms with Gasteiger partial charge in [-0.25, -0.2) is 0 Å². The summed E-state index contributed by atoms with van der Waals surface area (Å²) < 4.78 is 0. The van der Waals surface area contributed by atoms with Crippen molar-refractivity contribution in [2.24, 2.45) is 10.2 Å². The lowest BCUT2D eigenvalue weighted by molar-refractivity contribution is -0.116. The molecule has 0 saturated carbocycles. The van der Waals surface area contributed by atoms with Crippen LogP contribution < -0.4 is 5.32 Å². The van der Waals surface area contributed by atoms with Crippen molar-refractivity contribution in [1.82, 2.24) is 5.32 Å². The Balaban J connectivity index is 1.75. The number of benzene rings is 2. The van der Waals surface area contributed by atoms with Crippen molar-refractivity contribution in [3.8, 4) is 11.1 Å². The molecule has 0 aromatic heterocycles. The van der Waals surface area contributed by atoms with E-state index in [1.807, 2.05) is 12.1 Å². The van der Waals surface area contributed by atoms with Gasteiger partial charge in [0.25, 0.3) is 0 Å². The molecule has 6 heteroatoms. The first-order chi connectivity index (χ1) is 11.2. The maximum atomic E-state index is 11.1. The minimum Gasteiger partial charge on any atom is -0.303 e. The fourth-order valence-electron chi connectivity index (χ4n) is 2.11. The van der Waals surface area contributed by atoms with Gasteiger partial charge in [0.1, 0.15) is 0 Å². The van der Waals surface area contributed by atoms with Crippen molar-refractivity contribution in [2.45, 2.75) is 4.90 Å². The summed E-state index contributed by atoms with van der Waals surface area (Å²) in [6.07, 6.45) is 3.76. The van der Waals surface area contributed by atoms with Crippen molar-refractivity contribution in [2.75, 3.05) is 12.0 Å². The topological polar surface area (TPSA) is 53.8 Å². The van der Waals surface area contributed by atoms with Crippen molar-refractivity contribution in [1.29, 1.82) is 0 Å². The molecule has 1 aliphatic heterocycles. The third-order valence-electron chi connectivity index (χ3n) is 3.25. The standard InChI is InChI=1S/C17H15N3OS2/c1-22-15-7-5-13(6-8-15)14-4-2-3-12(9-14)10-18-20-17-19-16(21)11-23-17/h2-10H,11H2,1H3,(H,19,20,21). The Labute approximate surface area is 143 Å². The lowest BCUT2D eigenvalue weighted by atomic mass is 10.0. The molecular formula is C17H15N3OS2. The van der Waals surface area contributed by atoms with Crippen LogP contribution in [0.4, 0.5) is 0 Å². The van der Waals surface area contributed by atoms with Crippen molar-refractivity contribution >= 4 is 40.8 Å². The third-order valence-corrected chi connectivity index (χ3v) is 4.86. The van der Waals surface area contributed by atoms with Gasteiger partial charge >= 0.3 is 0 Å². The highest BCUT2D eigenvalue weighted by atomic mass is 32.2. The van der Waals surface area contributed by atoms with Gasteiger partial charge in [0.05, 0.1) is 12.0 Å². The summed E-state index contributed by atoms with van der Waals surface area (Å²) >= 11 is 3.09. The quantitative estimate of drug-likeness (QED) is 0.525. The number of carbonyl (C=O) groups excluding carboxylic acids is 1. The summed E-state index contributed by atoms with van der Waals surface area (Å²) in [6.45, 7) is 0. The number of nitrogens with one attached hydrogen (secondary N) is 1. The molecule has 1 saturated heterocycles. The molecule has 0 unspecified atom stereocenters. The number of amides is 1. The van der Waals surface area contributed by atoms with E-state index in [4.69, 9.17) is 0 Å². The summed E-state index contributed by atoms with van der Waals surface area (Å²) in [5.74, 6) is 0.384. The summed E-state index contributed by atoms with van der Waals surface area (Å²) in [7, 11) is 0. The van der Waals surface area contributed by atoms with E-state index in [-0.39, 0.29) is 5.91 Å². The van der Waals surface area contributed by atoms with Crippen LogP contribution in [0.3, 0.4) is 0 Å². The molecule has 4 nitrogen and oxygen atoms in total. The number of hydrogen-bond donors (Lipinski definition) is 1. The van der Waals surface area contributed by atoms with Gasteiger partial charge < -0.3 is 5.32 Å². The van der Waals surface area contributed by atoms with Crippen molar-refractivity contribution < 1.29 is 4.79 Å². The van der Waals surface area contributed by atoms with Gasteiger partial charge in [-0.15, -0.1) is 16.9 Å². The van der Waals surface area contributed by atoms with E-state index in [9.17, 15) is 4.79 Å². The van der Waals surface area contributed by atoms with Crippen LogP contribution >= 0.6 is 23.5 Å². The van der Waals surface area contributed by atoms with Gasteiger partial charge in [0.15, 0.2) is 5.17 Å². The zero-order chi connectivity index (χ0) is 16.1. The second-order valence-electron chi connectivity index (χ2n) is 4.84. The van der Waals surface area contributed by atoms with Crippen LogP contribution in [0, 0.1) is 0 Å².